The van der Waals surface area contributed by atoms with Gasteiger partial charge in [0.2, 0.25) is 5.91 Å². The second-order valence-electron chi connectivity index (χ2n) is 5.57. The van der Waals surface area contributed by atoms with Crippen molar-refractivity contribution in [3.05, 3.63) is 41.2 Å². The lowest BCUT2D eigenvalue weighted by Crippen LogP contribution is -2.39. The molecule has 7 heteroatoms. The van der Waals surface area contributed by atoms with Crippen molar-refractivity contribution in [3.8, 4) is 11.8 Å². The molecule has 0 spiro atoms. The number of nitrogens with one attached hydrogen (secondary N) is 1. The van der Waals surface area contributed by atoms with Gasteiger partial charge >= 0.3 is 0 Å². The summed E-state index contributed by atoms with van der Waals surface area (Å²) in [4.78, 5) is 13.8. The zero-order chi connectivity index (χ0) is 17.7. The maximum absolute atomic E-state index is 12.3. The topological polar surface area (TPSA) is 74.0 Å². The summed E-state index contributed by atoms with van der Waals surface area (Å²) >= 11 is 6.03. The lowest BCUT2D eigenvalue weighted by molar-refractivity contribution is -0.130. The smallest absolute Gasteiger partial charge is 0.244 e. The third-order valence-electron chi connectivity index (χ3n) is 3.74. The van der Waals surface area contributed by atoms with Crippen LogP contribution in [0.25, 0.3) is 5.69 Å². The van der Waals surface area contributed by atoms with Gasteiger partial charge in [-0.05, 0) is 32.0 Å². The Labute approximate surface area is 146 Å². The van der Waals surface area contributed by atoms with Crippen LogP contribution in [-0.4, -0.2) is 40.2 Å². The molecule has 126 valence electrons. The van der Waals surface area contributed by atoms with Crippen LogP contribution < -0.4 is 5.32 Å². The first-order valence-corrected chi connectivity index (χ1v) is 8.01. The first-order valence-electron chi connectivity index (χ1n) is 7.63. The molecule has 1 aromatic heterocycles. The van der Waals surface area contributed by atoms with Crippen LogP contribution in [0.5, 0.6) is 0 Å². The van der Waals surface area contributed by atoms with Crippen LogP contribution in [0.2, 0.25) is 5.02 Å². The molecule has 0 fully saturated rings. The van der Waals surface area contributed by atoms with Gasteiger partial charge in [0, 0.05) is 18.6 Å². The molecule has 1 atom stereocenters. The lowest BCUT2D eigenvalue weighted by atomic mass is 10.2. The zero-order valence-corrected chi connectivity index (χ0v) is 14.7. The van der Waals surface area contributed by atoms with E-state index in [4.69, 9.17) is 16.9 Å². The van der Waals surface area contributed by atoms with E-state index in [1.807, 2.05) is 31.2 Å². The van der Waals surface area contributed by atoms with Crippen molar-refractivity contribution in [1.29, 1.82) is 5.26 Å². The molecule has 24 heavy (non-hydrogen) atoms. The number of rotatable bonds is 6. The summed E-state index contributed by atoms with van der Waals surface area (Å²) in [6, 6.07) is 9.04. The van der Waals surface area contributed by atoms with E-state index < -0.39 is 6.04 Å². The molecule has 0 aliphatic heterocycles. The van der Waals surface area contributed by atoms with E-state index >= 15 is 0 Å². The van der Waals surface area contributed by atoms with Crippen LogP contribution in [0.4, 0.5) is 5.69 Å². The Morgan fingerprint density at radius 2 is 2.29 bits per heavy atom. The molecule has 0 aliphatic rings. The number of aromatic nitrogens is 2. The summed E-state index contributed by atoms with van der Waals surface area (Å²) in [6.45, 7) is 4.14. The summed E-state index contributed by atoms with van der Waals surface area (Å²) in [5, 5.41) is 16.8. The van der Waals surface area contributed by atoms with Gasteiger partial charge in [0.05, 0.1) is 35.8 Å². The van der Waals surface area contributed by atoms with Crippen LogP contribution in [0.3, 0.4) is 0 Å². The second-order valence-corrected chi connectivity index (χ2v) is 6.01. The Morgan fingerprint density at radius 3 is 2.96 bits per heavy atom. The summed E-state index contributed by atoms with van der Waals surface area (Å²) in [5.41, 5.74) is 2.53. The molecular weight excluding hydrogens is 326 g/mol. The summed E-state index contributed by atoms with van der Waals surface area (Å²) < 4.78 is 1.77. The molecule has 1 aromatic carbocycles. The van der Waals surface area contributed by atoms with E-state index in [1.165, 1.54) is 0 Å². The number of nitrogens with zero attached hydrogens (tertiary/aromatic N) is 4. The van der Waals surface area contributed by atoms with Crippen molar-refractivity contribution in [2.45, 2.75) is 26.3 Å². The molecule has 0 saturated heterocycles. The minimum atomic E-state index is -0.413. The highest BCUT2D eigenvalue weighted by molar-refractivity contribution is 6.30. The van der Waals surface area contributed by atoms with Crippen molar-refractivity contribution in [1.82, 2.24) is 14.7 Å². The Morgan fingerprint density at radius 1 is 1.54 bits per heavy atom. The summed E-state index contributed by atoms with van der Waals surface area (Å²) in [6.07, 6.45) is 2.01. The number of nitriles is 1. The summed E-state index contributed by atoms with van der Waals surface area (Å²) in [7, 11) is 1.69. The number of halogens is 1. The Hall–Kier alpha value is -2.52. The van der Waals surface area contributed by atoms with Crippen molar-refractivity contribution in [2.75, 3.05) is 18.9 Å². The van der Waals surface area contributed by atoms with Crippen LogP contribution in [-0.2, 0) is 4.79 Å². The molecule has 1 heterocycles. The SMILES string of the molecule is Cc1c(NC(C)C(=O)N(C)CCC#N)cnn1-c1cccc(Cl)c1. The lowest BCUT2D eigenvalue weighted by Gasteiger charge is -2.21. The number of carbonyl (C=O) groups is 1. The van der Waals surface area contributed by atoms with Crippen molar-refractivity contribution < 1.29 is 4.79 Å². The normalized spacial score (nSPS) is 11.6. The predicted octanol–water partition coefficient (Wildman–Crippen LogP) is 3.01. The van der Waals surface area contributed by atoms with Crippen LogP contribution in [0.1, 0.15) is 19.0 Å². The fraction of sp³-hybridized carbons (Fsp3) is 0.353. The van der Waals surface area contributed by atoms with Crippen LogP contribution >= 0.6 is 11.6 Å². The van der Waals surface area contributed by atoms with Crippen molar-refractivity contribution >= 4 is 23.2 Å². The van der Waals surface area contributed by atoms with E-state index in [0.29, 0.717) is 18.0 Å². The van der Waals surface area contributed by atoms with E-state index in [-0.39, 0.29) is 5.91 Å². The maximum Gasteiger partial charge on any atom is 0.244 e. The Balaban J connectivity index is 2.11. The van der Waals surface area contributed by atoms with E-state index in [9.17, 15) is 4.79 Å². The third kappa shape index (κ3) is 4.06. The number of amides is 1. The van der Waals surface area contributed by atoms with E-state index in [1.54, 1.807) is 35.8 Å². The monoisotopic (exact) mass is 345 g/mol. The minimum Gasteiger partial charge on any atom is -0.371 e. The van der Waals surface area contributed by atoms with Crippen molar-refractivity contribution in [2.24, 2.45) is 0 Å². The second kappa shape index (κ2) is 7.84. The molecule has 0 radical (unpaired) electrons. The molecule has 2 aromatic rings. The average molecular weight is 346 g/mol. The molecule has 1 N–H and O–H groups in total. The fourth-order valence-electron chi connectivity index (χ4n) is 2.37. The zero-order valence-electron chi connectivity index (χ0n) is 14.0. The first kappa shape index (κ1) is 17.8. The highest BCUT2D eigenvalue weighted by Crippen LogP contribution is 2.21. The summed E-state index contributed by atoms with van der Waals surface area (Å²) in [5.74, 6) is -0.0693. The Bertz CT molecular complexity index is 765. The van der Waals surface area contributed by atoms with Gasteiger partial charge in [-0.15, -0.1) is 0 Å². The first-order chi connectivity index (χ1) is 11.4. The quantitative estimate of drug-likeness (QED) is 0.873. The molecule has 0 saturated carbocycles. The van der Waals surface area contributed by atoms with Gasteiger partial charge in [-0.3, -0.25) is 4.79 Å². The van der Waals surface area contributed by atoms with E-state index in [2.05, 4.69) is 10.4 Å². The molecule has 0 bridgehead atoms. The third-order valence-corrected chi connectivity index (χ3v) is 3.98. The molecule has 6 nitrogen and oxygen atoms in total. The predicted molar refractivity (Wildman–Crippen MR) is 94.3 cm³/mol. The minimum absolute atomic E-state index is 0.0693. The maximum atomic E-state index is 12.3. The molecule has 2 rings (SSSR count). The number of hydrogen-bond acceptors (Lipinski definition) is 4. The fourth-order valence-corrected chi connectivity index (χ4v) is 2.56. The highest BCUT2D eigenvalue weighted by Gasteiger charge is 2.19. The van der Waals surface area contributed by atoms with Crippen molar-refractivity contribution in [3.63, 3.8) is 0 Å². The number of anilines is 1. The van der Waals surface area contributed by atoms with Gasteiger partial charge in [0.1, 0.15) is 6.04 Å². The van der Waals surface area contributed by atoms with E-state index in [0.717, 1.165) is 17.1 Å². The highest BCUT2D eigenvalue weighted by atomic mass is 35.5. The van der Waals surface area contributed by atoms with Gasteiger partial charge in [0.25, 0.3) is 0 Å². The van der Waals surface area contributed by atoms with Crippen LogP contribution in [0, 0.1) is 18.3 Å². The molecule has 1 amide bonds. The molecular formula is C17H20ClN5O. The number of benzene rings is 1. The van der Waals surface area contributed by atoms with Gasteiger partial charge < -0.3 is 10.2 Å². The van der Waals surface area contributed by atoms with Gasteiger partial charge in [-0.25, -0.2) is 4.68 Å². The number of carbonyl (C=O) groups excluding carboxylic acids is 1. The molecule has 0 aliphatic carbocycles. The standard InChI is InChI=1S/C17H20ClN5O/c1-12(17(24)22(3)9-5-8-19)21-16-11-20-23(13(16)2)15-7-4-6-14(18)10-15/h4,6-7,10-12,21H,5,9H2,1-3H3. The Kier molecular flexibility index (Phi) is 5.83. The largest absolute Gasteiger partial charge is 0.371 e. The average Bonchev–Trinajstić information content (AvgIpc) is 2.92. The van der Waals surface area contributed by atoms with Gasteiger partial charge in [0.15, 0.2) is 0 Å². The van der Waals surface area contributed by atoms with Gasteiger partial charge in [-0.2, -0.15) is 10.4 Å². The van der Waals surface area contributed by atoms with Gasteiger partial charge in [-0.1, -0.05) is 17.7 Å². The number of hydrogen-bond donors (Lipinski definition) is 1. The van der Waals surface area contributed by atoms with Crippen LogP contribution in [0.15, 0.2) is 30.5 Å². The number of likely N-dealkylation sites (N-methyl/N-ethyl adjacent to an activating group) is 1. The molecule has 1 unspecified atom stereocenters.